The van der Waals surface area contributed by atoms with Gasteiger partial charge in [-0.3, -0.25) is 4.79 Å². The number of aryl methyl sites for hydroxylation is 1. The predicted octanol–water partition coefficient (Wildman–Crippen LogP) is 5.25. The van der Waals surface area contributed by atoms with Crippen molar-refractivity contribution in [1.82, 2.24) is 5.32 Å². The molecule has 33 heavy (non-hydrogen) atoms. The maximum atomic E-state index is 12.8. The van der Waals surface area contributed by atoms with Crippen molar-refractivity contribution >= 4 is 41.1 Å². The van der Waals surface area contributed by atoms with Gasteiger partial charge in [0.2, 0.25) is 5.91 Å². The largest absolute Gasteiger partial charge is 0.482 e. The number of aliphatic carboxylic acids is 1. The Balaban J connectivity index is 1.69. The van der Waals surface area contributed by atoms with Crippen LogP contribution < -0.4 is 14.4 Å². The zero-order valence-electron chi connectivity index (χ0n) is 18.4. The highest BCUT2D eigenvalue weighted by molar-refractivity contribution is 8.00. The Morgan fingerprint density at radius 3 is 2.52 bits per heavy atom. The number of carboxylic acids is 1. The molecule has 0 saturated carbocycles. The van der Waals surface area contributed by atoms with Crippen molar-refractivity contribution in [2.75, 3.05) is 17.5 Å². The minimum atomic E-state index is -1.05. The van der Waals surface area contributed by atoms with Gasteiger partial charge in [-0.05, 0) is 73.3 Å². The number of carbonyl (C=O) groups excluding carboxylic acids is 1. The molecule has 0 spiro atoms. The normalized spacial score (nSPS) is 10.5. The third kappa shape index (κ3) is 7.44. The molecule has 3 aromatic carbocycles. The van der Waals surface area contributed by atoms with Gasteiger partial charge in [0, 0.05) is 16.5 Å². The predicted molar refractivity (Wildman–Crippen MR) is 132 cm³/mol. The Hall–Kier alpha value is -3.16. The number of ether oxygens (including phenoxy) is 1. The van der Waals surface area contributed by atoms with Gasteiger partial charge in [0.15, 0.2) is 6.61 Å². The Morgan fingerprint density at radius 2 is 1.79 bits per heavy atom. The lowest BCUT2D eigenvalue weighted by Crippen LogP contribution is -2.34. The van der Waals surface area contributed by atoms with E-state index in [0.717, 1.165) is 27.3 Å². The summed E-state index contributed by atoms with van der Waals surface area (Å²) in [6.45, 7) is 3.96. The maximum Gasteiger partial charge on any atom is 0.341 e. The summed E-state index contributed by atoms with van der Waals surface area (Å²) in [6, 6.07) is 20.7. The number of hydrogen-bond acceptors (Lipinski definition) is 5. The van der Waals surface area contributed by atoms with Gasteiger partial charge < -0.3 is 19.5 Å². The first kappa shape index (κ1) is 24.5. The van der Waals surface area contributed by atoms with Gasteiger partial charge in [0.25, 0.3) is 0 Å². The number of halogens is 1. The molecule has 0 heterocycles. The molecule has 0 aliphatic carbocycles. The molecule has 0 fully saturated rings. The zero-order valence-corrected chi connectivity index (χ0v) is 19.9. The van der Waals surface area contributed by atoms with Crippen molar-refractivity contribution in [3.8, 4) is 5.75 Å². The summed E-state index contributed by atoms with van der Waals surface area (Å²) in [5.74, 6) is -0.766. The molecular formula is C25H25ClN2O4S. The van der Waals surface area contributed by atoms with E-state index in [0.29, 0.717) is 17.3 Å². The lowest BCUT2D eigenvalue weighted by molar-refractivity contribution is -0.139. The van der Waals surface area contributed by atoms with Gasteiger partial charge in [0.05, 0.1) is 5.69 Å². The number of carboxylic acid groups (broad SMARTS) is 1. The van der Waals surface area contributed by atoms with Crippen molar-refractivity contribution in [2.24, 2.45) is 0 Å². The van der Waals surface area contributed by atoms with Gasteiger partial charge in [-0.15, -0.1) is 0 Å². The molecule has 0 saturated heterocycles. The smallest absolute Gasteiger partial charge is 0.341 e. The summed E-state index contributed by atoms with van der Waals surface area (Å²) < 4.78 is 7.12. The first-order valence-corrected chi connectivity index (χ1v) is 11.4. The van der Waals surface area contributed by atoms with E-state index in [2.05, 4.69) is 5.32 Å². The Labute approximate surface area is 202 Å². The van der Waals surface area contributed by atoms with Crippen molar-refractivity contribution in [1.29, 1.82) is 0 Å². The van der Waals surface area contributed by atoms with Crippen LogP contribution in [0.25, 0.3) is 0 Å². The van der Waals surface area contributed by atoms with Crippen LogP contribution in [0.5, 0.6) is 5.75 Å². The third-order valence-corrected chi connectivity index (χ3v) is 6.22. The summed E-state index contributed by atoms with van der Waals surface area (Å²) in [6.07, 6.45) is 0. The van der Waals surface area contributed by atoms with Crippen LogP contribution in [-0.4, -0.2) is 30.1 Å². The van der Waals surface area contributed by atoms with E-state index in [1.807, 2.05) is 66.7 Å². The second kappa shape index (κ2) is 11.6. The second-order valence-electron chi connectivity index (χ2n) is 7.43. The lowest BCUT2D eigenvalue weighted by atomic mass is 10.2. The number of benzene rings is 3. The lowest BCUT2D eigenvalue weighted by Gasteiger charge is -2.25. The molecule has 0 aromatic heterocycles. The van der Waals surface area contributed by atoms with E-state index in [-0.39, 0.29) is 12.5 Å². The van der Waals surface area contributed by atoms with Gasteiger partial charge in [0.1, 0.15) is 12.3 Å². The fourth-order valence-electron chi connectivity index (χ4n) is 3.04. The monoisotopic (exact) mass is 484 g/mol. The topological polar surface area (TPSA) is 78.9 Å². The maximum absolute atomic E-state index is 12.8. The number of nitrogens with zero attached hydrogens (tertiary/aromatic N) is 1. The van der Waals surface area contributed by atoms with Crippen LogP contribution >= 0.6 is 23.5 Å². The molecule has 0 radical (unpaired) electrons. The summed E-state index contributed by atoms with van der Waals surface area (Å²) in [5.41, 5.74) is 3.74. The van der Waals surface area contributed by atoms with Crippen LogP contribution in [0.3, 0.4) is 0 Å². The summed E-state index contributed by atoms with van der Waals surface area (Å²) >= 11 is 7.81. The molecule has 0 aliphatic rings. The molecule has 0 bridgehead atoms. The van der Waals surface area contributed by atoms with Gasteiger partial charge in [-0.1, -0.05) is 47.5 Å². The zero-order chi connectivity index (χ0) is 23.8. The van der Waals surface area contributed by atoms with E-state index in [1.165, 1.54) is 11.9 Å². The van der Waals surface area contributed by atoms with Crippen molar-refractivity contribution < 1.29 is 19.4 Å². The third-order valence-electron chi connectivity index (χ3n) is 4.78. The van der Waals surface area contributed by atoms with E-state index in [9.17, 15) is 9.59 Å². The van der Waals surface area contributed by atoms with Crippen molar-refractivity contribution in [3.05, 3.63) is 88.4 Å². The number of carbonyl (C=O) groups is 2. The highest BCUT2D eigenvalue weighted by Gasteiger charge is 2.17. The number of nitrogens with one attached hydrogen (secondary N) is 1. The van der Waals surface area contributed by atoms with Crippen LogP contribution in [0.1, 0.15) is 16.7 Å². The molecule has 1 amide bonds. The minimum absolute atomic E-state index is 0.120. The van der Waals surface area contributed by atoms with Crippen LogP contribution in [0.4, 0.5) is 5.69 Å². The van der Waals surface area contributed by atoms with Gasteiger partial charge >= 0.3 is 5.97 Å². The molecule has 0 aliphatic heterocycles. The van der Waals surface area contributed by atoms with E-state index < -0.39 is 12.6 Å². The summed E-state index contributed by atoms with van der Waals surface area (Å²) in [7, 11) is 0. The van der Waals surface area contributed by atoms with E-state index >= 15 is 0 Å². The Bertz CT molecular complexity index is 1120. The number of amides is 1. The molecule has 3 rings (SSSR count). The highest BCUT2D eigenvalue weighted by atomic mass is 35.5. The fourth-order valence-corrected chi connectivity index (χ4v) is 4.20. The molecule has 172 valence electrons. The molecular weight excluding hydrogens is 460 g/mol. The first-order valence-electron chi connectivity index (χ1n) is 10.3. The van der Waals surface area contributed by atoms with Crippen molar-refractivity contribution in [3.63, 3.8) is 0 Å². The summed E-state index contributed by atoms with van der Waals surface area (Å²) in [4.78, 5) is 24.5. The molecule has 0 unspecified atom stereocenters. The SMILES string of the molecule is Cc1ccc(SN(CC(=O)NCc2cccc(OCC(=O)O)c2)c2cccc(Cl)c2C)cc1. The molecule has 3 aromatic rings. The van der Waals surface area contributed by atoms with E-state index in [1.54, 1.807) is 18.2 Å². The number of anilines is 1. The van der Waals surface area contributed by atoms with Gasteiger partial charge in [-0.25, -0.2) is 4.79 Å². The number of hydrogen-bond donors (Lipinski definition) is 2. The van der Waals surface area contributed by atoms with E-state index in [4.69, 9.17) is 21.4 Å². The average Bonchev–Trinajstić information content (AvgIpc) is 2.79. The quantitative estimate of drug-likeness (QED) is 0.383. The molecule has 8 heteroatoms. The van der Waals surface area contributed by atoms with Crippen LogP contribution in [0.2, 0.25) is 5.02 Å². The van der Waals surface area contributed by atoms with Crippen LogP contribution in [0.15, 0.2) is 71.6 Å². The Kier molecular flexibility index (Phi) is 8.63. The van der Waals surface area contributed by atoms with Crippen LogP contribution in [0, 0.1) is 13.8 Å². The second-order valence-corrected chi connectivity index (χ2v) is 8.93. The standard InChI is InChI=1S/C25H25ClN2O4S/c1-17-9-11-21(12-10-17)33-28(23-8-4-7-22(26)18(23)2)15-24(29)27-14-19-5-3-6-20(13-19)32-16-25(30)31/h3-13H,14-16H2,1-2H3,(H,27,29)(H,30,31). The average molecular weight is 485 g/mol. The van der Waals surface area contributed by atoms with Crippen molar-refractivity contribution in [2.45, 2.75) is 25.3 Å². The Morgan fingerprint density at radius 1 is 1.06 bits per heavy atom. The van der Waals surface area contributed by atoms with Gasteiger partial charge in [-0.2, -0.15) is 0 Å². The number of rotatable bonds is 10. The first-order chi connectivity index (χ1) is 15.8. The highest BCUT2D eigenvalue weighted by Crippen LogP contribution is 2.34. The fraction of sp³-hybridized carbons (Fsp3) is 0.200. The molecule has 0 atom stereocenters. The minimum Gasteiger partial charge on any atom is -0.482 e. The summed E-state index contributed by atoms with van der Waals surface area (Å²) in [5, 5.41) is 12.3. The van der Waals surface area contributed by atoms with Crippen LogP contribution in [-0.2, 0) is 16.1 Å². The molecule has 6 nitrogen and oxygen atoms in total. The molecule has 2 N–H and O–H groups in total.